The van der Waals surface area contributed by atoms with Crippen molar-refractivity contribution in [1.29, 1.82) is 0 Å². The van der Waals surface area contributed by atoms with Crippen molar-refractivity contribution in [1.82, 2.24) is 9.97 Å². The zero-order valence-corrected chi connectivity index (χ0v) is 12.4. The molecule has 0 saturated heterocycles. The van der Waals surface area contributed by atoms with Crippen LogP contribution in [0, 0.1) is 9.49 Å². The van der Waals surface area contributed by atoms with E-state index in [0.717, 1.165) is 40.8 Å². The lowest BCUT2D eigenvalue weighted by Gasteiger charge is -2.10. The number of hydrogen-bond acceptors (Lipinski definition) is 3. The van der Waals surface area contributed by atoms with Crippen LogP contribution < -0.4 is 5.73 Å². The molecule has 1 aromatic heterocycles. The third-order valence-electron chi connectivity index (χ3n) is 2.35. The molecule has 4 heteroatoms. The van der Waals surface area contributed by atoms with Crippen molar-refractivity contribution in [3.8, 4) is 0 Å². The largest absolute Gasteiger partial charge is 0.383 e. The number of unbranched alkanes of at least 4 members (excludes halogenated alkanes) is 1. The van der Waals surface area contributed by atoms with E-state index in [9.17, 15) is 0 Å². The predicted molar refractivity (Wildman–Crippen MR) is 76.3 cm³/mol. The number of aromatic nitrogens is 2. The third-order valence-corrected chi connectivity index (χ3v) is 3.52. The highest BCUT2D eigenvalue weighted by molar-refractivity contribution is 14.1. The fourth-order valence-corrected chi connectivity index (χ4v) is 2.00. The molecule has 1 heterocycles. The minimum Gasteiger partial charge on any atom is -0.383 e. The van der Waals surface area contributed by atoms with E-state index >= 15 is 0 Å². The first-order chi connectivity index (χ1) is 7.54. The van der Waals surface area contributed by atoms with Gasteiger partial charge in [0, 0.05) is 6.42 Å². The van der Waals surface area contributed by atoms with Crippen molar-refractivity contribution in [3.63, 3.8) is 0 Å². The number of anilines is 1. The Morgan fingerprint density at radius 3 is 2.56 bits per heavy atom. The summed E-state index contributed by atoms with van der Waals surface area (Å²) in [6.07, 6.45) is 4.20. The number of halogens is 1. The van der Waals surface area contributed by atoms with Crippen LogP contribution in [-0.4, -0.2) is 9.97 Å². The highest BCUT2D eigenvalue weighted by atomic mass is 127. The molecule has 0 aliphatic carbocycles. The average molecular weight is 333 g/mol. The standard InChI is InChI=1S/C12H20IN3/c1-4-5-6-10-15-9(7-8(2)3)11(13)12(14)16-10/h8H,4-7H2,1-3H3,(H2,14,15,16). The molecule has 0 aliphatic heterocycles. The van der Waals surface area contributed by atoms with Gasteiger partial charge in [0.1, 0.15) is 11.6 Å². The normalized spacial score (nSPS) is 11.1. The Bertz CT molecular complexity index is 350. The van der Waals surface area contributed by atoms with Crippen LogP contribution >= 0.6 is 22.6 Å². The third kappa shape index (κ3) is 3.88. The molecule has 0 aliphatic rings. The van der Waals surface area contributed by atoms with Crippen LogP contribution in [0.25, 0.3) is 0 Å². The number of nitrogens with two attached hydrogens (primary N) is 1. The summed E-state index contributed by atoms with van der Waals surface area (Å²) in [7, 11) is 0. The number of nitrogens with zero attached hydrogens (tertiary/aromatic N) is 2. The monoisotopic (exact) mass is 333 g/mol. The van der Waals surface area contributed by atoms with Gasteiger partial charge in [-0.2, -0.15) is 0 Å². The van der Waals surface area contributed by atoms with Crippen LogP contribution in [0.2, 0.25) is 0 Å². The maximum absolute atomic E-state index is 5.91. The summed E-state index contributed by atoms with van der Waals surface area (Å²) in [6.45, 7) is 6.56. The maximum Gasteiger partial charge on any atom is 0.140 e. The molecule has 1 aromatic rings. The molecule has 0 radical (unpaired) electrons. The molecular formula is C12H20IN3. The molecule has 0 amide bonds. The van der Waals surface area contributed by atoms with Gasteiger partial charge in [-0.05, 0) is 41.4 Å². The minimum absolute atomic E-state index is 0.599. The summed E-state index contributed by atoms with van der Waals surface area (Å²) in [4.78, 5) is 8.95. The quantitative estimate of drug-likeness (QED) is 0.842. The van der Waals surface area contributed by atoms with E-state index in [4.69, 9.17) is 5.73 Å². The van der Waals surface area contributed by atoms with E-state index in [1.807, 2.05) is 0 Å². The first kappa shape index (κ1) is 13.7. The van der Waals surface area contributed by atoms with Gasteiger partial charge in [-0.3, -0.25) is 0 Å². The van der Waals surface area contributed by atoms with Gasteiger partial charge in [0.05, 0.1) is 9.26 Å². The lowest BCUT2D eigenvalue weighted by atomic mass is 10.1. The fraction of sp³-hybridized carbons (Fsp3) is 0.667. The summed E-state index contributed by atoms with van der Waals surface area (Å²) in [5.74, 6) is 2.13. The number of aryl methyl sites for hydroxylation is 1. The molecule has 0 unspecified atom stereocenters. The molecule has 0 aromatic carbocycles. The van der Waals surface area contributed by atoms with E-state index in [2.05, 4.69) is 53.3 Å². The summed E-state index contributed by atoms with van der Waals surface area (Å²) in [6, 6.07) is 0. The molecule has 0 atom stereocenters. The number of nitrogen functional groups attached to an aromatic ring is 1. The van der Waals surface area contributed by atoms with Gasteiger partial charge < -0.3 is 5.73 Å². The molecule has 3 nitrogen and oxygen atoms in total. The predicted octanol–water partition coefficient (Wildman–Crippen LogP) is 3.20. The summed E-state index contributed by atoms with van der Waals surface area (Å²) in [5, 5.41) is 0. The minimum atomic E-state index is 0.599. The van der Waals surface area contributed by atoms with Gasteiger partial charge in [-0.25, -0.2) is 9.97 Å². The zero-order chi connectivity index (χ0) is 12.1. The Morgan fingerprint density at radius 1 is 1.31 bits per heavy atom. The maximum atomic E-state index is 5.91. The van der Waals surface area contributed by atoms with Crippen LogP contribution in [0.5, 0.6) is 0 Å². The zero-order valence-electron chi connectivity index (χ0n) is 10.3. The van der Waals surface area contributed by atoms with E-state index < -0.39 is 0 Å². The Hall–Kier alpha value is -0.390. The molecule has 0 spiro atoms. The molecule has 90 valence electrons. The molecule has 0 fully saturated rings. The van der Waals surface area contributed by atoms with Crippen LogP contribution in [0.15, 0.2) is 0 Å². The highest BCUT2D eigenvalue weighted by Gasteiger charge is 2.11. The summed E-state index contributed by atoms with van der Waals surface area (Å²) < 4.78 is 1.02. The van der Waals surface area contributed by atoms with Crippen molar-refractivity contribution in [2.75, 3.05) is 5.73 Å². The highest BCUT2D eigenvalue weighted by Crippen LogP contribution is 2.19. The number of hydrogen-bond donors (Lipinski definition) is 1. The Morgan fingerprint density at radius 2 is 2.00 bits per heavy atom. The van der Waals surface area contributed by atoms with Gasteiger partial charge in [0.25, 0.3) is 0 Å². The Kier molecular flexibility index (Phi) is 5.44. The molecule has 0 bridgehead atoms. The molecule has 16 heavy (non-hydrogen) atoms. The lowest BCUT2D eigenvalue weighted by molar-refractivity contribution is 0.625. The van der Waals surface area contributed by atoms with Crippen LogP contribution in [-0.2, 0) is 12.8 Å². The average Bonchev–Trinajstić information content (AvgIpc) is 2.21. The van der Waals surface area contributed by atoms with Gasteiger partial charge in [0.15, 0.2) is 0 Å². The second kappa shape index (κ2) is 6.37. The van der Waals surface area contributed by atoms with Crippen LogP contribution in [0.4, 0.5) is 5.82 Å². The van der Waals surface area contributed by atoms with Crippen molar-refractivity contribution in [2.24, 2.45) is 5.92 Å². The summed E-state index contributed by atoms with van der Waals surface area (Å²) >= 11 is 2.24. The fourth-order valence-electron chi connectivity index (χ4n) is 1.53. The van der Waals surface area contributed by atoms with E-state index in [1.165, 1.54) is 0 Å². The van der Waals surface area contributed by atoms with Crippen molar-refractivity contribution >= 4 is 28.4 Å². The molecule has 1 rings (SSSR count). The van der Waals surface area contributed by atoms with Crippen molar-refractivity contribution in [2.45, 2.75) is 46.5 Å². The van der Waals surface area contributed by atoms with Gasteiger partial charge >= 0.3 is 0 Å². The lowest BCUT2D eigenvalue weighted by Crippen LogP contribution is -2.09. The Labute approximate surface area is 111 Å². The Balaban J connectivity index is 2.92. The second-order valence-corrected chi connectivity index (χ2v) is 5.57. The smallest absolute Gasteiger partial charge is 0.140 e. The first-order valence-electron chi connectivity index (χ1n) is 5.85. The van der Waals surface area contributed by atoms with Crippen LogP contribution in [0.3, 0.4) is 0 Å². The van der Waals surface area contributed by atoms with Gasteiger partial charge in [0.2, 0.25) is 0 Å². The van der Waals surface area contributed by atoms with Crippen molar-refractivity contribution < 1.29 is 0 Å². The van der Waals surface area contributed by atoms with E-state index in [1.54, 1.807) is 0 Å². The molecular weight excluding hydrogens is 313 g/mol. The van der Waals surface area contributed by atoms with Gasteiger partial charge in [-0.1, -0.05) is 27.2 Å². The summed E-state index contributed by atoms with van der Waals surface area (Å²) in [5.41, 5.74) is 7.02. The SMILES string of the molecule is CCCCc1nc(N)c(I)c(CC(C)C)n1. The molecule has 2 N–H and O–H groups in total. The van der Waals surface area contributed by atoms with Crippen LogP contribution in [0.1, 0.15) is 45.1 Å². The second-order valence-electron chi connectivity index (χ2n) is 4.49. The van der Waals surface area contributed by atoms with Gasteiger partial charge in [-0.15, -0.1) is 0 Å². The first-order valence-corrected chi connectivity index (χ1v) is 6.93. The topological polar surface area (TPSA) is 51.8 Å². The molecule has 0 saturated carbocycles. The van der Waals surface area contributed by atoms with E-state index in [-0.39, 0.29) is 0 Å². The van der Waals surface area contributed by atoms with Crippen molar-refractivity contribution in [3.05, 3.63) is 15.1 Å². The number of rotatable bonds is 5. The van der Waals surface area contributed by atoms with E-state index in [0.29, 0.717) is 11.7 Å².